The normalized spacial score (nSPS) is 14.9. The van der Waals surface area contributed by atoms with E-state index in [9.17, 15) is 15.3 Å². The van der Waals surface area contributed by atoms with Crippen molar-refractivity contribution in [1.29, 1.82) is 0 Å². The molecule has 0 aromatic heterocycles. The predicted molar refractivity (Wildman–Crippen MR) is 57.5 cm³/mol. The number of benzene rings is 1. The molecule has 0 amide bonds. The van der Waals surface area contributed by atoms with Crippen LogP contribution in [0.25, 0.3) is 0 Å². The maximum atomic E-state index is 9.75. The molecule has 1 aromatic rings. The highest BCUT2D eigenvalue weighted by Crippen LogP contribution is 2.24. The van der Waals surface area contributed by atoms with Gasteiger partial charge in [-0.3, -0.25) is 0 Å². The number of rotatable bonds is 4. The Labute approximate surface area is 89.0 Å². The zero-order chi connectivity index (χ0) is 11.4. The first kappa shape index (κ1) is 12.0. The van der Waals surface area contributed by atoms with E-state index >= 15 is 0 Å². The molecule has 0 radical (unpaired) electrons. The number of aliphatic hydroxyl groups is 2. The predicted octanol–water partition coefficient (Wildman–Crippen LogP) is 0.444. The average Bonchev–Trinajstić information content (AvgIpc) is 2.15. The maximum absolute atomic E-state index is 9.75. The Kier molecular flexibility index (Phi) is 4.08. The standard InChI is InChI=1S/C11H17NO3/c1-7-4-8(6-9(13)5-7)11(15)10(14)2-3-12/h4-6,10-11,13-15H,2-3,12H2,1H3. The lowest BCUT2D eigenvalue weighted by Gasteiger charge is -2.18. The summed E-state index contributed by atoms with van der Waals surface area (Å²) in [7, 11) is 0. The molecular weight excluding hydrogens is 194 g/mol. The van der Waals surface area contributed by atoms with Gasteiger partial charge >= 0.3 is 0 Å². The van der Waals surface area contributed by atoms with E-state index in [1.165, 1.54) is 6.07 Å². The van der Waals surface area contributed by atoms with Crippen LogP contribution in [-0.4, -0.2) is 28.0 Å². The third-order valence-electron chi connectivity index (χ3n) is 2.25. The fourth-order valence-electron chi connectivity index (χ4n) is 1.51. The zero-order valence-electron chi connectivity index (χ0n) is 8.72. The fraction of sp³-hybridized carbons (Fsp3) is 0.455. The summed E-state index contributed by atoms with van der Waals surface area (Å²) in [5.74, 6) is 0.0870. The van der Waals surface area contributed by atoms with Gasteiger partial charge in [0.25, 0.3) is 0 Å². The first-order chi connectivity index (χ1) is 7.04. The van der Waals surface area contributed by atoms with Crippen LogP contribution < -0.4 is 5.73 Å². The molecule has 0 fully saturated rings. The summed E-state index contributed by atoms with van der Waals surface area (Å²) in [5, 5.41) is 28.6. The minimum absolute atomic E-state index is 0.0870. The van der Waals surface area contributed by atoms with Crippen molar-refractivity contribution in [1.82, 2.24) is 0 Å². The molecule has 1 aromatic carbocycles. The molecule has 0 saturated carbocycles. The van der Waals surface area contributed by atoms with Gasteiger partial charge < -0.3 is 21.1 Å². The molecule has 4 heteroatoms. The zero-order valence-corrected chi connectivity index (χ0v) is 8.72. The minimum atomic E-state index is -1.00. The topological polar surface area (TPSA) is 86.7 Å². The van der Waals surface area contributed by atoms with Crippen LogP contribution in [0.15, 0.2) is 18.2 Å². The lowest BCUT2D eigenvalue weighted by molar-refractivity contribution is 0.0149. The Morgan fingerprint density at radius 1 is 1.27 bits per heavy atom. The van der Waals surface area contributed by atoms with Crippen molar-refractivity contribution in [2.75, 3.05) is 6.54 Å². The first-order valence-corrected chi connectivity index (χ1v) is 4.91. The van der Waals surface area contributed by atoms with Gasteiger partial charge in [0.05, 0.1) is 6.10 Å². The molecule has 0 spiro atoms. The maximum Gasteiger partial charge on any atom is 0.116 e. The third kappa shape index (κ3) is 3.20. The SMILES string of the molecule is Cc1cc(O)cc(C(O)C(O)CCN)c1. The number of phenolic OH excluding ortho intramolecular Hbond substituents is 1. The summed E-state index contributed by atoms with van der Waals surface area (Å²) in [5.41, 5.74) is 6.63. The van der Waals surface area contributed by atoms with E-state index in [4.69, 9.17) is 5.73 Å². The van der Waals surface area contributed by atoms with Crippen LogP contribution in [-0.2, 0) is 0 Å². The van der Waals surface area contributed by atoms with Crippen LogP contribution >= 0.6 is 0 Å². The highest BCUT2D eigenvalue weighted by atomic mass is 16.3. The van der Waals surface area contributed by atoms with Gasteiger partial charge in [0.1, 0.15) is 11.9 Å². The molecule has 0 aliphatic rings. The second-order valence-corrected chi connectivity index (χ2v) is 3.69. The van der Waals surface area contributed by atoms with E-state index in [2.05, 4.69) is 0 Å². The van der Waals surface area contributed by atoms with Crippen LogP contribution in [0.2, 0.25) is 0 Å². The molecular formula is C11H17NO3. The summed E-state index contributed by atoms with van der Waals surface area (Å²) in [6.45, 7) is 2.13. The number of aromatic hydroxyl groups is 1. The molecule has 0 bridgehead atoms. The lowest BCUT2D eigenvalue weighted by atomic mass is 10.00. The smallest absolute Gasteiger partial charge is 0.116 e. The fourth-order valence-corrected chi connectivity index (χ4v) is 1.51. The highest BCUT2D eigenvalue weighted by Gasteiger charge is 2.18. The summed E-state index contributed by atoms with van der Waals surface area (Å²) in [6.07, 6.45) is -1.56. The summed E-state index contributed by atoms with van der Waals surface area (Å²) < 4.78 is 0. The van der Waals surface area contributed by atoms with Gasteiger partial charge in [-0.25, -0.2) is 0 Å². The van der Waals surface area contributed by atoms with Gasteiger partial charge in [-0.2, -0.15) is 0 Å². The number of hydrogen-bond donors (Lipinski definition) is 4. The van der Waals surface area contributed by atoms with Crippen molar-refractivity contribution in [3.8, 4) is 5.75 Å². The number of aryl methyl sites for hydroxylation is 1. The molecule has 0 saturated heterocycles. The van der Waals surface area contributed by atoms with Gasteiger partial charge in [-0.1, -0.05) is 6.07 Å². The van der Waals surface area contributed by atoms with Gasteiger partial charge in [-0.15, -0.1) is 0 Å². The Morgan fingerprint density at radius 2 is 1.93 bits per heavy atom. The van der Waals surface area contributed by atoms with E-state index < -0.39 is 12.2 Å². The Balaban J connectivity index is 2.85. The first-order valence-electron chi connectivity index (χ1n) is 4.91. The number of aliphatic hydroxyl groups excluding tert-OH is 2. The van der Waals surface area contributed by atoms with Crippen molar-refractivity contribution in [3.05, 3.63) is 29.3 Å². The second kappa shape index (κ2) is 5.11. The molecule has 0 heterocycles. The Morgan fingerprint density at radius 3 is 2.47 bits per heavy atom. The molecule has 15 heavy (non-hydrogen) atoms. The van der Waals surface area contributed by atoms with E-state index in [0.29, 0.717) is 18.5 Å². The van der Waals surface area contributed by atoms with E-state index in [0.717, 1.165) is 5.56 Å². The summed E-state index contributed by atoms with van der Waals surface area (Å²) >= 11 is 0. The van der Waals surface area contributed by atoms with Gasteiger partial charge in [-0.05, 0) is 43.1 Å². The van der Waals surface area contributed by atoms with Crippen LogP contribution in [0.5, 0.6) is 5.75 Å². The molecule has 4 nitrogen and oxygen atoms in total. The van der Waals surface area contributed by atoms with E-state index in [1.807, 2.05) is 6.92 Å². The van der Waals surface area contributed by atoms with E-state index in [-0.39, 0.29) is 5.75 Å². The van der Waals surface area contributed by atoms with Crippen molar-refractivity contribution < 1.29 is 15.3 Å². The summed E-state index contributed by atoms with van der Waals surface area (Å²) in [4.78, 5) is 0. The van der Waals surface area contributed by atoms with Crippen LogP contribution in [0.1, 0.15) is 23.7 Å². The average molecular weight is 211 g/mol. The lowest BCUT2D eigenvalue weighted by Crippen LogP contribution is -2.21. The molecule has 84 valence electrons. The quantitative estimate of drug-likeness (QED) is 0.582. The molecule has 2 unspecified atom stereocenters. The van der Waals surface area contributed by atoms with Gasteiger partial charge in [0, 0.05) is 0 Å². The van der Waals surface area contributed by atoms with Crippen LogP contribution in [0.4, 0.5) is 0 Å². The molecule has 0 aliphatic carbocycles. The van der Waals surface area contributed by atoms with Crippen molar-refractivity contribution >= 4 is 0 Å². The van der Waals surface area contributed by atoms with Crippen molar-refractivity contribution in [2.24, 2.45) is 5.73 Å². The largest absolute Gasteiger partial charge is 0.508 e. The van der Waals surface area contributed by atoms with Crippen LogP contribution in [0.3, 0.4) is 0 Å². The van der Waals surface area contributed by atoms with Crippen LogP contribution in [0, 0.1) is 6.92 Å². The minimum Gasteiger partial charge on any atom is -0.508 e. The van der Waals surface area contributed by atoms with Crippen molar-refractivity contribution in [3.63, 3.8) is 0 Å². The highest BCUT2D eigenvalue weighted by molar-refractivity contribution is 5.34. The molecule has 2 atom stereocenters. The molecule has 0 aliphatic heterocycles. The Bertz CT molecular complexity index is 307. The van der Waals surface area contributed by atoms with Crippen molar-refractivity contribution in [2.45, 2.75) is 25.6 Å². The molecule has 5 N–H and O–H groups in total. The van der Waals surface area contributed by atoms with Gasteiger partial charge in [0.15, 0.2) is 0 Å². The second-order valence-electron chi connectivity index (χ2n) is 3.69. The number of phenols is 1. The summed E-state index contributed by atoms with van der Waals surface area (Å²) in [6, 6.07) is 4.76. The Hall–Kier alpha value is -1.10. The van der Waals surface area contributed by atoms with E-state index in [1.54, 1.807) is 12.1 Å². The number of nitrogens with two attached hydrogens (primary N) is 1. The van der Waals surface area contributed by atoms with Gasteiger partial charge in [0.2, 0.25) is 0 Å². The number of hydrogen-bond acceptors (Lipinski definition) is 4. The third-order valence-corrected chi connectivity index (χ3v) is 2.25. The molecule has 1 rings (SSSR count). The monoisotopic (exact) mass is 211 g/mol.